The molecule has 0 spiro atoms. The Morgan fingerprint density at radius 1 is 1.64 bits per heavy atom. The Morgan fingerprint density at radius 2 is 2.64 bits per heavy atom. The van der Waals surface area contributed by atoms with E-state index in [0.29, 0.717) is 6.04 Å². The van der Waals surface area contributed by atoms with Crippen LogP contribution in [0, 0.1) is 0 Å². The van der Waals surface area contributed by atoms with Gasteiger partial charge in [0.05, 0.1) is 6.20 Å². The Hall–Kier alpha value is -1.03. The zero-order chi connectivity index (χ0) is 7.52. The minimum Gasteiger partial charge on any atom is -0.366 e. The molecule has 1 fully saturated rings. The molecular formula is C7H12N4. The first-order valence-corrected chi connectivity index (χ1v) is 3.92. The van der Waals surface area contributed by atoms with Crippen molar-refractivity contribution in [2.24, 2.45) is 0 Å². The quantitative estimate of drug-likeness (QED) is 0.566. The molecule has 4 heteroatoms. The fourth-order valence-corrected chi connectivity index (χ4v) is 1.33. The largest absolute Gasteiger partial charge is 0.366 e. The van der Waals surface area contributed by atoms with Crippen molar-refractivity contribution in [1.82, 2.24) is 15.5 Å². The summed E-state index contributed by atoms with van der Waals surface area (Å²) in [4.78, 5) is 0. The molecule has 1 aromatic heterocycles. The van der Waals surface area contributed by atoms with Crippen LogP contribution in [0.5, 0.6) is 0 Å². The van der Waals surface area contributed by atoms with E-state index in [9.17, 15) is 0 Å². The number of hydrogen-bond acceptors (Lipinski definition) is 3. The van der Waals surface area contributed by atoms with Crippen molar-refractivity contribution < 1.29 is 0 Å². The van der Waals surface area contributed by atoms with E-state index >= 15 is 0 Å². The van der Waals surface area contributed by atoms with Crippen molar-refractivity contribution in [1.29, 1.82) is 0 Å². The lowest BCUT2D eigenvalue weighted by Gasteiger charge is -2.09. The highest BCUT2D eigenvalue weighted by Gasteiger charge is 2.13. The molecule has 0 saturated carbocycles. The number of H-pyrrole nitrogens is 1. The molecule has 0 bridgehead atoms. The standard InChI is InChI=1S/C7H12N4/c1-3-8-5-6(1)10-7-2-4-9-11-7/h2,4,6,8H,1,3,5H2,(H2,9,10,11). The van der Waals surface area contributed by atoms with Gasteiger partial charge in [-0.3, -0.25) is 5.10 Å². The molecule has 2 heterocycles. The summed E-state index contributed by atoms with van der Waals surface area (Å²) in [6, 6.07) is 2.51. The lowest BCUT2D eigenvalue weighted by molar-refractivity contribution is 0.786. The van der Waals surface area contributed by atoms with Crippen molar-refractivity contribution in [3.63, 3.8) is 0 Å². The Bertz CT molecular complexity index is 200. The van der Waals surface area contributed by atoms with Crippen LogP contribution in [0.1, 0.15) is 6.42 Å². The summed E-state index contributed by atoms with van der Waals surface area (Å²) >= 11 is 0. The van der Waals surface area contributed by atoms with Gasteiger partial charge in [0.15, 0.2) is 0 Å². The van der Waals surface area contributed by atoms with Crippen LogP contribution < -0.4 is 10.6 Å². The Labute approximate surface area is 65.4 Å². The maximum absolute atomic E-state index is 3.86. The fourth-order valence-electron chi connectivity index (χ4n) is 1.33. The molecule has 1 atom stereocenters. The molecular weight excluding hydrogens is 140 g/mol. The first-order chi connectivity index (χ1) is 5.45. The van der Waals surface area contributed by atoms with Crippen LogP contribution in [0.25, 0.3) is 0 Å². The van der Waals surface area contributed by atoms with Crippen LogP contribution in [-0.2, 0) is 0 Å². The van der Waals surface area contributed by atoms with Crippen molar-refractivity contribution in [2.75, 3.05) is 18.4 Å². The predicted molar refractivity (Wildman–Crippen MR) is 43.5 cm³/mol. The van der Waals surface area contributed by atoms with Gasteiger partial charge in [0, 0.05) is 12.6 Å². The molecule has 11 heavy (non-hydrogen) atoms. The molecule has 1 aliphatic rings. The Morgan fingerprint density at radius 3 is 3.27 bits per heavy atom. The summed E-state index contributed by atoms with van der Waals surface area (Å²) in [5, 5.41) is 13.4. The van der Waals surface area contributed by atoms with Crippen LogP contribution in [0.2, 0.25) is 0 Å². The molecule has 2 rings (SSSR count). The van der Waals surface area contributed by atoms with E-state index in [1.807, 2.05) is 6.07 Å². The first-order valence-electron chi connectivity index (χ1n) is 3.92. The van der Waals surface area contributed by atoms with Gasteiger partial charge in [-0.15, -0.1) is 0 Å². The van der Waals surface area contributed by atoms with Gasteiger partial charge < -0.3 is 10.6 Å². The first kappa shape index (κ1) is 6.67. The van der Waals surface area contributed by atoms with Gasteiger partial charge in [0.2, 0.25) is 0 Å². The average Bonchev–Trinajstić information content (AvgIpc) is 2.60. The maximum Gasteiger partial charge on any atom is 0.121 e. The molecule has 0 radical (unpaired) electrons. The zero-order valence-electron chi connectivity index (χ0n) is 6.30. The van der Waals surface area contributed by atoms with Gasteiger partial charge in [-0.1, -0.05) is 0 Å². The average molecular weight is 152 g/mol. The molecule has 0 aliphatic carbocycles. The second-order valence-corrected chi connectivity index (χ2v) is 2.80. The minimum atomic E-state index is 0.565. The maximum atomic E-state index is 3.86. The molecule has 1 saturated heterocycles. The molecule has 0 amide bonds. The highest BCUT2D eigenvalue weighted by atomic mass is 15.2. The molecule has 1 aliphatic heterocycles. The third-order valence-electron chi connectivity index (χ3n) is 1.92. The normalized spacial score (nSPS) is 23.8. The van der Waals surface area contributed by atoms with Crippen LogP contribution in [-0.4, -0.2) is 29.3 Å². The third-order valence-corrected chi connectivity index (χ3v) is 1.92. The lowest BCUT2D eigenvalue weighted by Crippen LogP contribution is -2.22. The van der Waals surface area contributed by atoms with Crippen molar-refractivity contribution in [3.05, 3.63) is 12.3 Å². The number of hydrogen-bond donors (Lipinski definition) is 3. The molecule has 60 valence electrons. The Kier molecular flexibility index (Phi) is 1.77. The highest BCUT2D eigenvalue weighted by molar-refractivity contribution is 5.33. The summed E-state index contributed by atoms with van der Waals surface area (Å²) < 4.78 is 0. The van der Waals surface area contributed by atoms with Crippen LogP contribution in [0.4, 0.5) is 5.82 Å². The van der Waals surface area contributed by atoms with E-state index in [2.05, 4.69) is 20.8 Å². The van der Waals surface area contributed by atoms with Gasteiger partial charge in [-0.25, -0.2) is 0 Å². The molecule has 3 N–H and O–H groups in total. The number of aromatic amines is 1. The van der Waals surface area contributed by atoms with Crippen LogP contribution >= 0.6 is 0 Å². The van der Waals surface area contributed by atoms with Gasteiger partial charge in [0.25, 0.3) is 0 Å². The number of rotatable bonds is 2. The van der Waals surface area contributed by atoms with E-state index in [1.54, 1.807) is 6.20 Å². The van der Waals surface area contributed by atoms with Crippen LogP contribution in [0.3, 0.4) is 0 Å². The van der Waals surface area contributed by atoms with E-state index in [-0.39, 0.29) is 0 Å². The van der Waals surface area contributed by atoms with E-state index in [1.165, 1.54) is 6.42 Å². The Balaban J connectivity index is 1.90. The van der Waals surface area contributed by atoms with Crippen molar-refractivity contribution in [3.8, 4) is 0 Å². The zero-order valence-corrected chi connectivity index (χ0v) is 6.30. The molecule has 1 unspecified atom stereocenters. The highest BCUT2D eigenvalue weighted by Crippen LogP contribution is 2.06. The molecule has 1 aromatic rings. The van der Waals surface area contributed by atoms with Crippen molar-refractivity contribution in [2.45, 2.75) is 12.5 Å². The van der Waals surface area contributed by atoms with Gasteiger partial charge in [0.1, 0.15) is 5.82 Å². The summed E-state index contributed by atoms with van der Waals surface area (Å²) in [5.41, 5.74) is 0. The van der Waals surface area contributed by atoms with E-state index in [4.69, 9.17) is 0 Å². The summed E-state index contributed by atoms with van der Waals surface area (Å²) in [5.74, 6) is 1.01. The summed E-state index contributed by atoms with van der Waals surface area (Å²) in [6.45, 7) is 2.17. The fraction of sp³-hybridized carbons (Fsp3) is 0.571. The third kappa shape index (κ3) is 1.51. The van der Waals surface area contributed by atoms with E-state index in [0.717, 1.165) is 18.9 Å². The summed E-state index contributed by atoms with van der Waals surface area (Å²) in [6.07, 6.45) is 2.95. The lowest BCUT2D eigenvalue weighted by atomic mass is 10.3. The predicted octanol–water partition coefficient (Wildman–Crippen LogP) is 0.183. The van der Waals surface area contributed by atoms with Gasteiger partial charge in [-0.05, 0) is 19.0 Å². The monoisotopic (exact) mass is 152 g/mol. The second kappa shape index (κ2) is 2.92. The van der Waals surface area contributed by atoms with Crippen LogP contribution in [0.15, 0.2) is 12.3 Å². The minimum absolute atomic E-state index is 0.565. The number of aromatic nitrogens is 2. The number of anilines is 1. The van der Waals surface area contributed by atoms with Crippen molar-refractivity contribution >= 4 is 5.82 Å². The van der Waals surface area contributed by atoms with E-state index < -0.39 is 0 Å². The number of nitrogens with one attached hydrogen (secondary N) is 3. The smallest absolute Gasteiger partial charge is 0.121 e. The SMILES string of the molecule is c1cc(NC2CCNC2)[nH]n1. The molecule has 4 nitrogen and oxygen atoms in total. The topological polar surface area (TPSA) is 52.7 Å². The second-order valence-electron chi connectivity index (χ2n) is 2.80. The summed E-state index contributed by atoms with van der Waals surface area (Å²) in [7, 11) is 0. The van der Waals surface area contributed by atoms with Gasteiger partial charge >= 0.3 is 0 Å². The van der Waals surface area contributed by atoms with Gasteiger partial charge in [-0.2, -0.15) is 5.10 Å². The molecule has 0 aromatic carbocycles. The number of nitrogens with zero attached hydrogens (tertiary/aromatic N) is 1.